The van der Waals surface area contributed by atoms with E-state index in [-0.39, 0.29) is 12.4 Å². The van der Waals surface area contributed by atoms with Gasteiger partial charge in [0, 0.05) is 6.08 Å². The standard InChI is InChI=1S/C45H39F3N4O3/c1-33-29-42(53-31-40-32-54-43(49-40)28-23-34-21-25-41(26-22-34)55-45(46,47)48)27-24-35(33)13-11-12-20-39-30-52(51-50-39)44(36-14-5-2-6-15-36,37-16-7-3-8-17-37)38-18-9-4-10-19-38/h2-10,14-19,21-30,32H,11-13,20,31H2,1H3/b28-23+. The summed E-state index contributed by atoms with van der Waals surface area (Å²) in [6.45, 7) is 2.31. The van der Waals surface area contributed by atoms with E-state index < -0.39 is 11.9 Å². The van der Waals surface area contributed by atoms with E-state index in [1.165, 1.54) is 36.1 Å². The van der Waals surface area contributed by atoms with Crippen LogP contribution in [-0.4, -0.2) is 26.3 Å². The van der Waals surface area contributed by atoms with Gasteiger partial charge in [0.05, 0.1) is 11.9 Å². The number of oxazole rings is 1. The summed E-state index contributed by atoms with van der Waals surface area (Å²) in [5, 5.41) is 9.42. The van der Waals surface area contributed by atoms with Crippen LogP contribution in [0.3, 0.4) is 0 Å². The summed E-state index contributed by atoms with van der Waals surface area (Å²) < 4.78 is 54.6. The lowest BCUT2D eigenvalue weighted by Gasteiger charge is -2.35. The van der Waals surface area contributed by atoms with Gasteiger partial charge in [0.1, 0.15) is 35.6 Å². The molecule has 0 spiro atoms. The van der Waals surface area contributed by atoms with E-state index in [1.54, 1.807) is 12.2 Å². The van der Waals surface area contributed by atoms with Crippen LogP contribution in [0.2, 0.25) is 0 Å². The molecule has 2 aromatic heterocycles. The van der Waals surface area contributed by atoms with Gasteiger partial charge in [-0.25, -0.2) is 9.67 Å². The number of nitrogens with zero attached hydrogens (tertiary/aromatic N) is 4. The Kier molecular flexibility index (Phi) is 11.2. The van der Waals surface area contributed by atoms with E-state index in [2.05, 4.69) is 107 Å². The Morgan fingerprint density at radius 3 is 1.89 bits per heavy atom. The Labute approximate surface area is 317 Å². The van der Waals surface area contributed by atoms with Crippen LogP contribution >= 0.6 is 0 Å². The maximum atomic E-state index is 12.4. The van der Waals surface area contributed by atoms with Gasteiger partial charge < -0.3 is 13.9 Å². The highest BCUT2D eigenvalue weighted by Gasteiger charge is 2.39. The third kappa shape index (κ3) is 9.04. The molecule has 7 nitrogen and oxygen atoms in total. The van der Waals surface area contributed by atoms with Gasteiger partial charge in [-0.2, -0.15) is 0 Å². The minimum absolute atomic E-state index is 0.223. The van der Waals surface area contributed by atoms with Crippen molar-refractivity contribution in [3.8, 4) is 11.5 Å². The topological polar surface area (TPSA) is 75.2 Å². The number of ether oxygens (including phenoxy) is 2. The molecule has 0 amide bonds. The first-order valence-electron chi connectivity index (χ1n) is 18.1. The molecule has 55 heavy (non-hydrogen) atoms. The van der Waals surface area contributed by atoms with Gasteiger partial charge in [-0.05, 0) is 96.3 Å². The molecule has 0 aliphatic heterocycles. The highest BCUT2D eigenvalue weighted by Crippen LogP contribution is 2.40. The largest absolute Gasteiger partial charge is 0.573 e. The van der Waals surface area contributed by atoms with Crippen LogP contribution in [0, 0.1) is 6.92 Å². The third-order valence-corrected chi connectivity index (χ3v) is 9.39. The van der Waals surface area contributed by atoms with Crippen LogP contribution < -0.4 is 9.47 Å². The lowest BCUT2D eigenvalue weighted by Crippen LogP contribution is -2.38. The molecule has 0 aliphatic carbocycles. The summed E-state index contributed by atoms with van der Waals surface area (Å²) >= 11 is 0. The summed E-state index contributed by atoms with van der Waals surface area (Å²) in [5.41, 5.74) is 7.29. The Hall–Kier alpha value is -6.42. The van der Waals surface area contributed by atoms with Gasteiger partial charge in [0.2, 0.25) is 5.89 Å². The average Bonchev–Trinajstić information content (AvgIpc) is 3.87. The van der Waals surface area contributed by atoms with Gasteiger partial charge >= 0.3 is 6.36 Å². The van der Waals surface area contributed by atoms with Crippen LogP contribution in [0.4, 0.5) is 13.2 Å². The molecule has 0 unspecified atom stereocenters. The van der Waals surface area contributed by atoms with Crippen molar-refractivity contribution < 1.29 is 27.1 Å². The van der Waals surface area contributed by atoms with E-state index in [0.717, 1.165) is 59.4 Å². The zero-order valence-corrected chi connectivity index (χ0v) is 30.2. The van der Waals surface area contributed by atoms with Crippen molar-refractivity contribution in [1.82, 2.24) is 20.0 Å². The molecule has 0 fully saturated rings. The number of aryl methyl sites for hydroxylation is 3. The number of hydrogen-bond acceptors (Lipinski definition) is 6. The van der Waals surface area contributed by atoms with E-state index in [0.29, 0.717) is 17.1 Å². The van der Waals surface area contributed by atoms with Crippen LogP contribution in [0.1, 0.15) is 63.5 Å². The molecule has 0 saturated carbocycles. The molecule has 0 atom stereocenters. The summed E-state index contributed by atoms with van der Waals surface area (Å²) in [6, 6.07) is 43.1. The maximum Gasteiger partial charge on any atom is 0.573 e. The van der Waals surface area contributed by atoms with Crippen molar-refractivity contribution in [2.75, 3.05) is 0 Å². The first kappa shape index (κ1) is 36.9. The van der Waals surface area contributed by atoms with Crippen LogP contribution in [0.5, 0.6) is 11.5 Å². The fourth-order valence-electron chi connectivity index (χ4n) is 6.74. The zero-order chi connectivity index (χ0) is 38.1. The van der Waals surface area contributed by atoms with Gasteiger partial charge in [-0.1, -0.05) is 114 Å². The van der Waals surface area contributed by atoms with Crippen molar-refractivity contribution in [3.05, 3.63) is 197 Å². The summed E-state index contributed by atoms with van der Waals surface area (Å²) in [6.07, 6.45) is 5.91. The van der Waals surface area contributed by atoms with Crippen LogP contribution in [-0.2, 0) is 25.0 Å². The molecule has 2 heterocycles. The second-order valence-electron chi connectivity index (χ2n) is 13.2. The number of benzene rings is 5. The molecular formula is C45H39F3N4O3. The second kappa shape index (κ2) is 16.7. The Bertz CT molecular complexity index is 2210. The number of aromatic nitrogens is 4. The molecule has 0 N–H and O–H groups in total. The predicted octanol–water partition coefficient (Wildman–Crippen LogP) is 10.6. The molecule has 10 heteroatoms. The predicted molar refractivity (Wildman–Crippen MR) is 205 cm³/mol. The van der Waals surface area contributed by atoms with Crippen molar-refractivity contribution >= 4 is 12.2 Å². The van der Waals surface area contributed by atoms with Gasteiger partial charge in [0.15, 0.2) is 0 Å². The normalized spacial score (nSPS) is 11.9. The Balaban J connectivity index is 0.935. The number of alkyl halides is 3. The number of rotatable bonds is 15. The molecule has 278 valence electrons. The lowest BCUT2D eigenvalue weighted by molar-refractivity contribution is -0.274. The monoisotopic (exact) mass is 740 g/mol. The minimum atomic E-state index is -4.73. The quantitative estimate of drug-likeness (QED) is 0.0770. The van der Waals surface area contributed by atoms with E-state index >= 15 is 0 Å². The Morgan fingerprint density at radius 1 is 0.691 bits per heavy atom. The molecule has 7 aromatic rings. The van der Waals surface area contributed by atoms with Gasteiger partial charge in [0.25, 0.3) is 0 Å². The smallest absolute Gasteiger partial charge is 0.487 e. The first-order chi connectivity index (χ1) is 26.8. The second-order valence-corrected chi connectivity index (χ2v) is 13.2. The summed E-state index contributed by atoms with van der Waals surface area (Å²) in [4.78, 5) is 4.42. The summed E-state index contributed by atoms with van der Waals surface area (Å²) in [7, 11) is 0. The van der Waals surface area contributed by atoms with Crippen molar-refractivity contribution in [3.63, 3.8) is 0 Å². The average molecular weight is 741 g/mol. The van der Waals surface area contributed by atoms with E-state index in [9.17, 15) is 13.2 Å². The zero-order valence-electron chi connectivity index (χ0n) is 30.2. The van der Waals surface area contributed by atoms with Gasteiger partial charge in [-0.15, -0.1) is 18.3 Å². The minimum Gasteiger partial charge on any atom is -0.487 e. The molecule has 0 aliphatic rings. The van der Waals surface area contributed by atoms with E-state index in [1.807, 2.05) is 35.0 Å². The molecule has 0 bridgehead atoms. The lowest BCUT2D eigenvalue weighted by atomic mass is 9.77. The molecule has 7 rings (SSSR count). The fraction of sp³-hybridized carbons (Fsp3) is 0.178. The SMILES string of the molecule is Cc1cc(OCc2coc(/C=C/c3ccc(OC(F)(F)F)cc3)n2)ccc1CCCCc1cn(C(c2ccccc2)(c2ccccc2)c2ccccc2)nn1. The highest BCUT2D eigenvalue weighted by molar-refractivity contribution is 5.66. The number of halogens is 3. The highest BCUT2D eigenvalue weighted by atomic mass is 19.4. The Morgan fingerprint density at radius 2 is 1.29 bits per heavy atom. The van der Waals surface area contributed by atoms with Crippen molar-refractivity contribution in [2.24, 2.45) is 0 Å². The molecule has 0 radical (unpaired) electrons. The van der Waals surface area contributed by atoms with Gasteiger partial charge in [-0.3, -0.25) is 0 Å². The molecular weight excluding hydrogens is 702 g/mol. The summed E-state index contributed by atoms with van der Waals surface area (Å²) in [5.74, 6) is 0.805. The van der Waals surface area contributed by atoms with Crippen LogP contribution in [0.25, 0.3) is 12.2 Å². The molecule has 0 saturated heterocycles. The van der Waals surface area contributed by atoms with Crippen molar-refractivity contribution in [1.29, 1.82) is 0 Å². The van der Waals surface area contributed by atoms with Crippen molar-refractivity contribution in [2.45, 2.75) is 51.1 Å². The first-order valence-corrected chi connectivity index (χ1v) is 18.1. The van der Waals surface area contributed by atoms with E-state index in [4.69, 9.17) is 14.4 Å². The fourth-order valence-corrected chi connectivity index (χ4v) is 6.74. The number of hydrogen-bond donors (Lipinski definition) is 0. The molecule has 5 aromatic carbocycles. The number of unbranched alkanes of at least 4 members (excludes halogenated alkanes) is 1. The van der Waals surface area contributed by atoms with Crippen LogP contribution in [0.15, 0.2) is 150 Å². The third-order valence-electron chi connectivity index (χ3n) is 9.39. The maximum absolute atomic E-state index is 12.4.